The van der Waals surface area contributed by atoms with Crippen molar-refractivity contribution in [3.63, 3.8) is 0 Å². The Morgan fingerprint density at radius 2 is 1.97 bits per heavy atom. The quantitative estimate of drug-likeness (QED) is 0.434. The zero-order chi connectivity index (χ0) is 23.8. The van der Waals surface area contributed by atoms with Crippen molar-refractivity contribution in [2.75, 3.05) is 12.4 Å². The van der Waals surface area contributed by atoms with Crippen LogP contribution in [0.2, 0.25) is 0 Å². The van der Waals surface area contributed by atoms with Crippen LogP contribution in [0.15, 0.2) is 61.4 Å². The van der Waals surface area contributed by atoms with Gasteiger partial charge in [0.25, 0.3) is 0 Å². The summed E-state index contributed by atoms with van der Waals surface area (Å²) in [7, 11) is 1.83. The zero-order valence-electron chi connectivity index (χ0n) is 17.6. The molecule has 3 N–H and O–H groups in total. The number of aromatic nitrogens is 3. The van der Waals surface area contributed by atoms with Crippen LogP contribution in [0.5, 0.6) is 0 Å². The Labute approximate surface area is 187 Å². The van der Waals surface area contributed by atoms with Gasteiger partial charge in [0.15, 0.2) is 5.65 Å². The van der Waals surface area contributed by atoms with E-state index in [0.29, 0.717) is 23.4 Å². The molecule has 168 valence electrons. The van der Waals surface area contributed by atoms with E-state index in [1.807, 2.05) is 29.8 Å². The fraction of sp³-hybridized carbons (Fsp3) is 0.125. The first-order valence-corrected chi connectivity index (χ1v) is 9.97. The molecule has 33 heavy (non-hydrogen) atoms. The molecule has 0 unspecified atom stereocenters. The monoisotopic (exact) mass is 451 g/mol. The van der Waals surface area contributed by atoms with Crippen LogP contribution in [0.4, 0.5) is 18.9 Å². The van der Waals surface area contributed by atoms with Gasteiger partial charge in [-0.05, 0) is 47.5 Å². The Bertz CT molecular complexity index is 1370. The van der Waals surface area contributed by atoms with Crippen molar-refractivity contribution < 1.29 is 18.0 Å². The molecule has 0 aliphatic heterocycles. The number of imidazole rings is 1. The smallest absolute Gasteiger partial charge is 0.388 e. The standard InChI is InChI=1S/C24H20F3N5O/c1-3-15-10-14(4-7-19(15)29-2)12-32-13-30-21-9-8-20(31-23(21)32)16-5-6-17(22(28)33)18(11-16)24(25,26)27/h3-11,13,29H,1,12H2,2H3,(H2,28,33). The van der Waals surface area contributed by atoms with Gasteiger partial charge >= 0.3 is 6.18 Å². The Kier molecular flexibility index (Phi) is 5.63. The lowest BCUT2D eigenvalue weighted by Gasteiger charge is -2.13. The van der Waals surface area contributed by atoms with Gasteiger partial charge in [-0.3, -0.25) is 4.79 Å². The van der Waals surface area contributed by atoms with Gasteiger partial charge in [-0.15, -0.1) is 0 Å². The summed E-state index contributed by atoms with van der Waals surface area (Å²) in [5.41, 5.74) is 8.00. The number of carbonyl (C=O) groups is 1. The molecule has 0 aliphatic carbocycles. The molecular weight excluding hydrogens is 431 g/mol. The molecule has 2 aromatic carbocycles. The Morgan fingerprint density at radius 3 is 2.64 bits per heavy atom. The van der Waals surface area contributed by atoms with E-state index in [-0.39, 0.29) is 5.56 Å². The first-order chi connectivity index (χ1) is 15.7. The first-order valence-electron chi connectivity index (χ1n) is 9.97. The molecule has 1 amide bonds. The molecule has 0 spiro atoms. The molecule has 0 atom stereocenters. The van der Waals surface area contributed by atoms with Crippen LogP contribution in [0.1, 0.15) is 27.0 Å². The van der Waals surface area contributed by atoms with E-state index in [9.17, 15) is 18.0 Å². The predicted molar refractivity (Wildman–Crippen MR) is 122 cm³/mol. The summed E-state index contributed by atoms with van der Waals surface area (Å²) in [5, 5.41) is 3.10. The first kappa shape index (κ1) is 22.1. The molecule has 2 heterocycles. The fourth-order valence-electron chi connectivity index (χ4n) is 3.67. The number of nitrogens with two attached hydrogens (primary N) is 1. The topological polar surface area (TPSA) is 85.8 Å². The molecule has 4 rings (SSSR count). The minimum absolute atomic E-state index is 0.217. The van der Waals surface area contributed by atoms with Gasteiger partial charge in [0.2, 0.25) is 5.91 Å². The van der Waals surface area contributed by atoms with E-state index in [2.05, 4.69) is 21.9 Å². The molecule has 0 saturated heterocycles. The number of amides is 1. The van der Waals surface area contributed by atoms with Crippen LogP contribution < -0.4 is 11.1 Å². The SMILES string of the molecule is C=Cc1cc(Cn2cnc3ccc(-c4ccc(C(N)=O)c(C(F)(F)F)c4)nc32)ccc1NC. The van der Waals surface area contributed by atoms with E-state index < -0.39 is 23.2 Å². The van der Waals surface area contributed by atoms with Gasteiger partial charge in [0.1, 0.15) is 5.52 Å². The number of halogens is 3. The summed E-state index contributed by atoms with van der Waals surface area (Å²) in [5.74, 6) is -1.14. The highest BCUT2D eigenvalue weighted by atomic mass is 19.4. The second-order valence-corrected chi connectivity index (χ2v) is 7.41. The maximum atomic E-state index is 13.5. The summed E-state index contributed by atoms with van der Waals surface area (Å²) in [6.07, 6.45) is -1.33. The van der Waals surface area contributed by atoms with E-state index in [0.717, 1.165) is 28.9 Å². The third-order valence-electron chi connectivity index (χ3n) is 5.31. The lowest BCUT2D eigenvalue weighted by Crippen LogP contribution is -2.18. The molecule has 9 heteroatoms. The van der Waals surface area contributed by atoms with Gasteiger partial charge in [-0.1, -0.05) is 24.8 Å². The van der Waals surface area contributed by atoms with Crippen molar-refractivity contribution in [1.29, 1.82) is 0 Å². The lowest BCUT2D eigenvalue weighted by molar-refractivity contribution is -0.137. The third kappa shape index (κ3) is 4.30. The number of rotatable bonds is 6. The number of nitrogens with zero attached hydrogens (tertiary/aromatic N) is 3. The maximum absolute atomic E-state index is 13.5. The number of carbonyl (C=O) groups excluding carboxylic acids is 1. The largest absolute Gasteiger partial charge is 0.417 e. The minimum atomic E-state index is -4.73. The van der Waals surface area contributed by atoms with Gasteiger partial charge in [0, 0.05) is 18.3 Å². The number of primary amides is 1. The number of hydrogen-bond acceptors (Lipinski definition) is 4. The van der Waals surface area contributed by atoms with Crippen LogP contribution >= 0.6 is 0 Å². The highest BCUT2D eigenvalue weighted by Crippen LogP contribution is 2.35. The van der Waals surface area contributed by atoms with Crippen LogP contribution in [-0.2, 0) is 12.7 Å². The lowest BCUT2D eigenvalue weighted by atomic mass is 10.0. The van der Waals surface area contributed by atoms with Crippen molar-refractivity contribution in [3.05, 3.63) is 83.7 Å². The molecule has 0 radical (unpaired) electrons. The Balaban J connectivity index is 1.75. The van der Waals surface area contributed by atoms with Crippen LogP contribution in [0, 0.1) is 0 Å². The van der Waals surface area contributed by atoms with E-state index in [4.69, 9.17) is 5.73 Å². The third-order valence-corrected chi connectivity index (χ3v) is 5.31. The van der Waals surface area contributed by atoms with Gasteiger partial charge in [-0.25, -0.2) is 9.97 Å². The molecule has 6 nitrogen and oxygen atoms in total. The number of alkyl halides is 3. The van der Waals surface area contributed by atoms with Crippen molar-refractivity contribution in [2.24, 2.45) is 5.73 Å². The molecule has 0 bridgehead atoms. The van der Waals surface area contributed by atoms with Crippen molar-refractivity contribution >= 4 is 28.8 Å². The normalized spacial score (nSPS) is 11.5. The van der Waals surface area contributed by atoms with Crippen LogP contribution in [0.25, 0.3) is 28.5 Å². The van der Waals surface area contributed by atoms with E-state index in [1.165, 1.54) is 6.07 Å². The summed E-state index contributed by atoms with van der Waals surface area (Å²) in [6.45, 7) is 4.30. The number of nitrogens with one attached hydrogen (secondary N) is 1. The summed E-state index contributed by atoms with van der Waals surface area (Å²) < 4.78 is 42.3. The second-order valence-electron chi connectivity index (χ2n) is 7.41. The average molecular weight is 451 g/mol. The average Bonchev–Trinajstić information content (AvgIpc) is 3.19. The number of fused-ring (bicyclic) bond motifs is 1. The highest BCUT2D eigenvalue weighted by Gasteiger charge is 2.35. The number of pyridine rings is 1. The van der Waals surface area contributed by atoms with Gasteiger partial charge in [-0.2, -0.15) is 13.2 Å². The second kappa shape index (κ2) is 8.42. The number of hydrogen-bond donors (Lipinski definition) is 2. The molecule has 2 aromatic heterocycles. The van der Waals surface area contributed by atoms with Crippen molar-refractivity contribution in [1.82, 2.24) is 14.5 Å². The highest BCUT2D eigenvalue weighted by molar-refractivity contribution is 5.95. The summed E-state index contributed by atoms with van der Waals surface area (Å²) >= 11 is 0. The van der Waals surface area contributed by atoms with E-state index in [1.54, 1.807) is 24.5 Å². The Morgan fingerprint density at radius 1 is 1.18 bits per heavy atom. The number of benzene rings is 2. The molecule has 0 aliphatic rings. The van der Waals surface area contributed by atoms with Crippen LogP contribution in [-0.4, -0.2) is 27.5 Å². The number of anilines is 1. The molecule has 4 aromatic rings. The summed E-state index contributed by atoms with van der Waals surface area (Å²) in [4.78, 5) is 20.4. The van der Waals surface area contributed by atoms with Gasteiger partial charge in [0.05, 0.1) is 29.7 Å². The molecule has 0 saturated carbocycles. The molecule has 0 fully saturated rings. The summed E-state index contributed by atoms with van der Waals surface area (Å²) in [6, 6.07) is 12.6. The molecular formula is C24H20F3N5O. The maximum Gasteiger partial charge on any atom is 0.417 e. The zero-order valence-corrected chi connectivity index (χ0v) is 17.6. The predicted octanol–water partition coefficient (Wildman–Crippen LogP) is 4.95. The van der Waals surface area contributed by atoms with Crippen molar-refractivity contribution in [3.8, 4) is 11.3 Å². The minimum Gasteiger partial charge on any atom is -0.388 e. The van der Waals surface area contributed by atoms with Gasteiger partial charge < -0.3 is 15.6 Å². The van der Waals surface area contributed by atoms with E-state index >= 15 is 0 Å². The fourth-order valence-corrected chi connectivity index (χ4v) is 3.67. The van der Waals surface area contributed by atoms with Crippen molar-refractivity contribution in [2.45, 2.75) is 12.7 Å². The Hall–Kier alpha value is -4.14. The van der Waals surface area contributed by atoms with Crippen LogP contribution in [0.3, 0.4) is 0 Å².